The second-order valence-electron chi connectivity index (χ2n) is 10.3. The molecule has 0 aliphatic rings. The van der Waals surface area contributed by atoms with Gasteiger partial charge in [0.05, 0.1) is 11.3 Å². The number of aliphatic carboxylic acids is 1. The maximum atomic E-state index is 12.7. The summed E-state index contributed by atoms with van der Waals surface area (Å²) < 4.78 is 25.2. The van der Waals surface area contributed by atoms with Crippen LogP contribution in [0, 0.1) is 6.92 Å². The van der Waals surface area contributed by atoms with Crippen LogP contribution in [0.25, 0.3) is 0 Å². The Morgan fingerprint density at radius 1 is 1.04 bits per heavy atom. The molecule has 1 unspecified atom stereocenters. The monoisotopic (exact) mass is 739 g/mol. The van der Waals surface area contributed by atoms with Gasteiger partial charge < -0.3 is 20.1 Å². The van der Waals surface area contributed by atoms with Gasteiger partial charge in [0, 0.05) is 42.0 Å². The Bertz CT molecular complexity index is 1460. The molecule has 0 radical (unpaired) electrons. The number of carbonyl (C=O) groups is 3. The highest BCUT2D eigenvalue weighted by molar-refractivity contribution is 7.93. The van der Waals surface area contributed by atoms with E-state index in [1.54, 1.807) is 36.4 Å². The third-order valence-electron chi connectivity index (χ3n) is 6.87. The van der Waals surface area contributed by atoms with Gasteiger partial charge in [-0.05, 0) is 55.8 Å². The fourth-order valence-corrected chi connectivity index (χ4v) is 5.68. The number of carboxylic acids is 1. The molecular formula is C37H55Cl2N3O6S. The number of urea groups is 1. The first kappa shape index (κ1) is 47.7. The fourth-order valence-electron chi connectivity index (χ4n) is 4.43. The molecule has 2 amide bonds. The molecule has 274 valence electrons. The van der Waals surface area contributed by atoms with E-state index < -0.39 is 27.4 Å². The molecule has 1 atom stereocenters. The van der Waals surface area contributed by atoms with E-state index in [1.165, 1.54) is 31.1 Å². The Hall–Kier alpha value is -3.44. The average Bonchev–Trinajstić information content (AvgIpc) is 3.08. The molecule has 9 nitrogen and oxygen atoms in total. The van der Waals surface area contributed by atoms with E-state index in [9.17, 15) is 27.9 Å². The standard InChI is InChI=1S/C22H24Cl2N2O4.C11H19NO2S.2C2H6/c1-15-3-6-17(7-4-15)22(9-10-27,12-20(28)29)14-26(21(30)25-2)13-16-5-8-18(23)11-19(16)24;1-4-6-7-8-10-11(9-5-2)15(13,14)12-3;2*1-2/h3-8,10-11H,9,12-14H2,1-2H3,(H,25,30)(H,28,29);5,8-10,12H,2,4,6-7H2,1,3H3;2*1-2H3/b;10-8-,11-9+;;. The molecule has 0 heterocycles. The van der Waals surface area contributed by atoms with Crippen LogP contribution in [-0.2, 0) is 31.6 Å². The highest BCUT2D eigenvalue weighted by Gasteiger charge is 2.38. The van der Waals surface area contributed by atoms with Gasteiger partial charge in [0.15, 0.2) is 0 Å². The molecule has 2 rings (SSSR count). The number of amides is 2. The predicted molar refractivity (Wildman–Crippen MR) is 205 cm³/mol. The van der Waals surface area contributed by atoms with Crippen molar-refractivity contribution in [3.8, 4) is 0 Å². The SMILES string of the molecule is C=C/C=C(\C=C/CCCC)S(=O)(=O)NC.CC.CC.CNC(=O)N(Cc1ccc(Cl)cc1Cl)CC(CC=O)(CC(=O)O)c1ccc(C)cc1. The summed E-state index contributed by atoms with van der Waals surface area (Å²) in [6.45, 7) is 15.6. The third-order valence-corrected chi connectivity index (χ3v) is 8.88. The number of aldehydes is 1. The Balaban J connectivity index is 0. The van der Waals surface area contributed by atoms with Gasteiger partial charge in [0.25, 0.3) is 0 Å². The zero-order chi connectivity index (χ0) is 38.0. The van der Waals surface area contributed by atoms with Gasteiger partial charge >= 0.3 is 12.0 Å². The maximum absolute atomic E-state index is 12.7. The molecule has 3 N–H and O–H groups in total. The molecule has 0 aliphatic carbocycles. The number of allylic oxidation sites excluding steroid dienone is 4. The molecule has 0 saturated carbocycles. The number of nitrogens with one attached hydrogen (secondary N) is 2. The second kappa shape index (κ2) is 26.4. The fraction of sp³-hybridized carbons (Fsp3) is 0.432. The number of benzene rings is 2. The molecule has 0 bridgehead atoms. The van der Waals surface area contributed by atoms with Crippen molar-refractivity contribution in [2.24, 2.45) is 0 Å². The largest absolute Gasteiger partial charge is 0.481 e. The molecule has 0 saturated heterocycles. The first-order chi connectivity index (χ1) is 23.3. The van der Waals surface area contributed by atoms with Crippen molar-refractivity contribution in [1.82, 2.24) is 14.9 Å². The quantitative estimate of drug-likeness (QED) is 0.0895. The van der Waals surface area contributed by atoms with Crippen LogP contribution in [0.5, 0.6) is 0 Å². The smallest absolute Gasteiger partial charge is 0.317 e. The Morgan fingerprint density at radius 2 is 1.65 bits per heavy atom. The van der Waals surface area contributed by atoms with Crippen molar-refractivity contribution >= 4 is 51.5 Å². The Morgan fingerprint density at radius 3 is 2.12 bits per heavy atom. The molecule has 49 heavy (non-hydrogen) atoms. The third kappa shape index (κ3) is 17.7. The van der Waals surface area contributed by atoms with Crippen molar-refractivity contribution in [2.45, 2.75) is 85.6 Å². The van der Waals surface area contributed by atoms with Crippen molar-refractivity contribution in [2.75, 3.05) is 20.6 Å². The lowest BCUT2D eigenvalue weighted by atomic mass is 9.74. The highest BCUT2D eigenvalue weighted by Crippen LogP contribution is 2.34. The Labute approximate surface area is 304 Å². The van der Waals surface area contributed by atoms with Crippen LogP contribution in [0.4, 0.5) is 4.79 Å². The lowest BCUT2D eigenvalue weighted by Gasteiger charge is -2.37. The van der Waals surface area contributed by atoms with Crippen molar-refractivity contribution in [1.29, 1.82) is 0 Å². The minimum Gasteiger partial charge on any atom is -0.481 e. The van der Waals surface area contributed by atoms with Gasteiger partial charge in [0.2, 0.25) is 10.0 Å². The Kier molecular flexibility index (Phi) is 25.7. The van der Waals surface area contributed by atoms with Crippen molar-refractivity contribution in [3.05, 3.63) is 105 Å². The number of sulfonamides is 1. The van der Waals surface area contributed by atoms with Crippen LogP contribution in [0.15, 0.2) is 78.3 Å². The summed E-state index contributed by atoms with van der Waals surface area (Å²) in [5.74, 6) is -1.06. The molecular weight excluding hydrogens is 685 g/mol. The van der Waals surface area contributed by atoms with E-state index in [0.717, 1.165) is 24.8 Å². The van der Waals surface area contributed by atoms with E-state index in [4.69, 9.17) is 23.2 Å². The van der Waals surface area contributed by atoms with Crippen LogP contribution < -0.4 is 10.0 Å². The molecule has 12 heteroatoms. The molecule has 0 spiro atoms. The highest BCUT2D eigenvalue weighted by atomic mass is 35.5. The molecule has 2 aromatic rings. The van der Waals surface area contributed by atoms with Gasteiger partial charge in [-0.2, -0.15) is 0 Å². The van der Waals surface area contributed by atoms with Crippen LogP contribution in [0.1, 0.15) is 83.4 Å². The van der Waals surface area contributed by atoms with E-state index >= 15 is 0 Å². The first-order valence-electron chi connectivity index (χ1n) is 16.3. The predicted octanol–water partition coefficient (Wildman–Crippen LogP) is 8.85. The number of carbonyl (C=O) groups excluding carboxylic acids is 2. The summed E-state index contributed by atoms with van der Waals surface area (Å²) >= 11 is 12.2. The van der Waals surface area contributed by atoms with Crippen molar-refractivity contribution in [3.63, 3.8) is 0 Å². The van der Waals surface area contributed by atoms with Gasteiger partial charge in [-0.15, -0.1) is 0 Å². The number of halogens is 2. The van der Waals surface area contributed by atoms with Gasteiger partial charge in [-0.3, -0.25) is 4.79 Å². The second-order valence-corrected chi connectivity index (χ2v) is 13.0. The number of aryl methyl sites for hydroxylation is 1. The number of hydrogen-bond donors (Lipinski definition) is 3. The summed E-state index contributed by atoms with van der Waals surface area (Å²) in [6, 6.07) is 11.9. The van der Waals surface area contributed by atoms with Gasteiger partial charge in [-0.25, -0.2) is 17.9 Å². The zero-order valence-corrected chi connectivity index (χ0v) is 32.5. The van der Waals surface area contributed by atoms with E-state index in [1.807, 2.05) is 52.8 Å². The molecule has 0 fully saturated rings. The molecule has 0 aliphatic heterocycles. The number of unbranched alkanes of at least 4 members (excludes halogenated alkanes) is 2. The summed E-state index contributed by atoms with van der Waals surface area (Å²) in [5.41, 5.74) is 1.25. The lowest BCUT2D eigenvalue weighted by molar-refractivity contribution is -0.138. The minimum atomic E-state index is -3.36. The lowest BCUT2D eigenvalue weighted by Crippen LogP contribution is -2.48. The molecule has 2 aromatic carbocycles. The molecule has 0 aromatic heterocycles. The topological polar surface area (TPSA) is 133 Å². The summed E-state index contributed by atoms with van der Waals surface area (Å²) in [6.07, 6.45) is 9.83. The van der Waals surface area contributed by atoms with E-state index in [-0.39, 0.29) is 30.8 Å². The number of nitrogens with zero attached hydrogens (tertiary/aromatic N) is 1. The first-order valence-corrected chi connectivity index (χ1v) is 18.6. The van der Waals surface area contributed by atoms with Gasteiger partial charge in [-0.1, -0.05) is 125 Å². The summed E-state index contributed by atoms with van der Waals surface area (Å²) in [4.78, 5) is 37.7. The van der Waals surface area contributed by atoms with Gasteiger partial charge in [0.1, 0.15) is 6.29 Å². The number of hydrogen-bond acceptors (Lipinski definition) is 5. The van der Waals surface area contributed by atoms with Crippen LogP contribution >= 0.6 is 23.2 Å². The van der Waals surface area contributed by atoms with Crippen molar-refractivity contribution < 1.29 is 27.9 Å². The minimum absolute atomic E-state index is 0.0136. The average molecular weight is 741 g/mol. The summed E-state index contributed by atoms with van der Waals surface area (Å²) in [5, 5.41) is 13.0. The van der Waals surface area contributed by atoms with Crippen LogP contribution in [-0.4, -0.2) is 57.4 Å². The maximum Gasteiger partial charge on any atom is 0.317 e. The van der Waals surface area contributed by atoms with E-state index in [0.29, 0.717) is 27.5 Å². The van der Waals surface area contributed by atoms with Crippen LogP contribution in [0.2, 0.25) is 10.0 Å². The van der Waals surface area contributed by atoms with Crippen LogP contribution in [0.3, 0.4) is 0 Å². The number of rotatable bonds is 16. The summed E-state index contributed by atoms with van der Waals surface area (Å²) in [7, 11) is -0.472. The number of carboxylic acid groups (broad SMARTS) is 1. The van der Waals surface area contributed by atoms with E-state index in [2.05, 4.69) is 23.5 Å². The zero-order valence-electron chi connectivity index (χ0n) is 30.2. The normalized spacial score (nSPS) is 12.1.